The molecular formula is C18H18FNO2. The second-order valence-corrected chi connectivity index (χ2v) is 5.42. The molecule has 3 rings (SSSR count). The fourth-order valence-corrected chi connectivity index (χ4v) is 2.90. The second kappa shape index (κ2) is 6.18. The average molecular weight is 299 g/mol. The molecule has 22 heavy (non-hydrogen) atoms. The van der Waals surface area contributed by atoms with Crippen LogP contribution in [-0.2, 0) is 17.6 Å². The van der Waals surface area contributed by atoms with Crippen molar-refractivity contribution in [1.29, 1.82) is 0 Å². The number of aryl methyl sites for hydroxylation is 1. The van der Waals surface area contributed by atoms with Gasteiger partial charge < -0.3 is 9.64 Å². The third-order valence-corrected chi connectivity index (χ3v) is 3.97. The Kier molecular flexibility index (Phi) is 4.09. The first-order valence-corrected chi connectivity index (χ1v) is 7.39. The number of rotatable bonds is 3. The molecule has 0 spiro atoms. The number of halogens is 1. The van der Waals surface area contributed by atoms with E-state index >= 15 is 0 Å². The number of ether oxygens (including phenoxy) is 1. The predicted molar refractivity (Wildman–Crippen MR) is 83.8 cm³/mol. The van der Waals surface area contributed by atoms with E-state index < -0.39 is 0 Å². The van der Waals surface area contributed by atoms with Crippen molar-refractivity contribution in [2.45, 2.75) is 19.3 Å². The Morgan fingerprint density at radius 3 is 2.73 bits per heavy atom. The lowest BCUT2D eigenvalue weighted by Crippen LogP contribution is -2.36. The van der Waals surface area contributed by atoms with Crippen LogP contribution in [0.5, 0.6) is 5.75 Å². The minimum atomic E-state index is -0.291. The Bertz CT molecular complexity index is 668. The molecule has 114 valence electrons. The highest BCUT2D eigenvalue weighted by molar-refractivity contribution is 5.97. The van der Waals surface area contributed by atoms with E-state index in [1.54, 1.807) is 24.1 Å². The number of hydrogen-bond donors (Lipinski definition) is 0. The van der Waals surface area contributed by atoms with Crippen LogP contribution in [0.3, 0.4) is 0 Å². The van der Waals surface area contributed by atoms with Gasteiger partial charge in [-0.25, -0.2) is 4.39 Å². The number of fused-ring (bicyclic) bond motifs is 1. The summed E-state index contributed by atoms with van der Waals surface area (Å²) in [7, 11) is 1.62. The third-order valence-electron chi connectivity index (χ3n) is 3.97. The molecule has 4 heteroatoms. The van der Waals surface area contributed by atoms with Crippen LogP contribution >= 0.6 is 0 Å². The van der Waals surface area contributed by atoms with Gasteiger partial charge >= 0.3 is 0 Å². The third kappa shape index (κ3) is 2.82. The Labute approximate surface area is 129 Å². The molecule has 0 radical (unpaired) electrons. The van der Waals surface area contributed by atoms with E-state index in [0.717, 1.165) is 35.4 Å². The van der Waals surface area contributed by atoms with Crippen molar-refractivity contribution in [2.24, 2.45) is 0 Å². The summed E-state index contributed by atoms with van der Waals surface area (Å²) < 4.78 is 18.4. The van der Waals surface area contributed by atoms with Crippen molar-refractivity contribution in [1.82, 2.24) is 0 Å². The zero-order chi connectivity index (χ0) is 15.5. The van der Waals surface area contributed by atoms with Crippen molar-refractivity contribution < 1.29 is 13.9 Å². The summed E-state index contributed by atoms with van der Waals surface area (Å²) in [5, 5.41) is 0. The van der Waals surface area contributed by atoms with Gasteiger partial charge in [-0.1, -0.05) is 24.3 Å². The maximum Gasteiger partial charge on any atom is 0.231 e. The average Bonchev–Trinajstić information content (AvgIpc) is 2.55. The fourth-order valence-electron chi connectivity index (χ4n) is 2.90. The first-order chi connectivity index (χ1) is 10.7. The molecule has 2 aromatic rings. The minimum Gasteiger partial charge on any atom is -0.495 e. The zero-order valence-corrected chi connectivity index (χ0v) is 12.5. The summed E-state index contributed by atoms with van der Waals surface area (Å²) in [6.45, 7) is 0.688. The summed E-state index contributed by atoms with van der Waals surface area (Å²) >= 11 is 0. The Hall–Kier alpha value is -2.36. The van der Waals surface area contributed by atoms with E-state index in [0.29, 0.717) is 6.54 Å². The first-order valence-electron chi connectivity index (χ1n) is 7.39. The van der Waals surface area contributed by atoms with Gasteiger partial charge in [-0.2, -0.15) is 0 Å². The van der Waals surface area contributed by atoms with Crippen LogP contribution in [0.1, 0.15) is 17.5 Å². The van der Waals surface area contributed by atoms with Crippen LogP contribution in [0.15, 0.2) is 42.5 Å². The molecule has 0 saturated heterocycles. The number of carbonyl (C=O) groups is 1. The summed E-state index contributed by atoms with van der Waals surface area (Å²) in [6.07, 6.45) is 2.15. The molecule has 1 amide bonds. The van der Waals surface area contributed by atoms with Crippen LogP contribution in [0.4, 0.5) is 10.1 Å². The van der Waals surface area contributed by atoms with Crippen LogP contribution in [0, 0.1) is 5.82 Å². The molecule has 0 atom stereocenters. The Morgan fingerprint density at radius 2 is 2.00 bits per heavy atom. The van der Waals surface area contributed by atoms with Gasteiger partial charge in [0.25, 0.3) is 0 Å². The van der Waals surface area contributed by atoms with Gasteiger partial charge in [0, 0.05) is 6.54 Å². The van der Waals surface area contributed by atoms with Crippen LogP contribution in [-0.4, -0.2) is 19.6 Å². The lowest BCUT2D eigenvalue weighted by molar-refractivity contribution is -0.118. The van der Waals surface area contributed by atoms with E-state index in [9.17, 15) is 9.18 Å². The SMILES string of the molecule is COc1cccc2c1N(C(=O)Cc1ccc(F)cc1)CCC2. The van der Waals surface area contributed by atoms with Crippen molar-refractivity contribution in [2.75, 3.05) is 18.6 Å². The summed E-state index contributed by atoms with van der Waals surface area (Å²) in [6, 6.07) is 11.9. The molecule has 0 fully saturated rings. The predicted octanol–water partition coefficient (Wildman–Crippen LogP) is 3.36. The minimum absolute atomic E-state index is 0.0112. The van der Waals surface area contributed by atoms with Gasteiger partial charge in [0.1, 0.15) is 11.6 Å². The summed E-state index contributed by atoms with van der Waals surface area (Å²) in [5.41, 5.74) is 2.83. The van der Waals surface area contributed by atoms with Crippen molar-refractivity contribution >= 4 is 11.6 Å². The quantitative estimate of drug-likeness (QED) is 0.870. The summed E-state index contributed by atoms with van der Waals surface area (Å²) in [5.74, 6) is 0.447. The van der Waals surface area contributed by atoms with E-state index in [2.05, 4.69) is 0 Å². The summed E-state index contributed by atoms with van der Waals surface area (Å²) in [4.78, 5) is 14.5. The van der Waals surface area contributed by atoms with E-state index in [1.165, 1.54) is 12.1 Å². The highest BCUT2D eigenvalue weighted by Crippen LogP contribution is 2.36. The van der Waals surface area contributed by atoms with Crippen molar-refractivity contribution in [3.8, 4) is 5.75 Å². The molecule has 1 aliphatic rings. The maximum absolute atomic E-state index is 13.0. The molecule has 2 aromatic carbocycles. The number of nitrogens with zero attached hydrogens (tertiary/aromatic N) is 1. The lowest BCUT2D eigenvalue weighted by atomic mass is 10.00. The number of carbonyl (C=O) groups excluding carboxylic acids is 1. The molecule has 0 N–H and O–H groups in total. The Balaban J connectivity index is 1.87. The molecule has 0 aliphatic carbocycles. The number of benzene rings is 2. The van der Waals surface area contributed by atoms with E-state index in [1.807, 2.05) is 18.2 Å². The number of anilines is 1. The van der Waals surface area contributed by atoms with Crippen LogP contribution < -0.4 is 9.64 Å². The number of para-hydroxylation sites is 1. The normalized spacial score (nSPS) is 13.6. The van der Waals surface area contributed by atoms with E-state index in [4.69, 9.17) is 4.74 Å². The van der Waals surface area contributed by atoms with Crippen LogP contribution in [0.2, 0.25) is 0 Å². The van der Waals surface area contributed by atoms with Gasteiger partial charge in [-0.05, 0) is 42.2 Å². The molecule has 0 saturated carbocycles. The molecule has 1 aliphatic heterocycles. The number of hydrogen-bond acceptors (Lipinski definition) is 2. The lowest BCUT2D eigenvalue weighted by Gasteiger charge is -2.31. The van der Waals surface area contributed by atoms with Gasteiger partial charge in [0.15, 0.2) is 0 Å². The molecule has 0 unspecified atom stereocenters. The molecule has 1 heterocycles. The highest BCUT2D eigenvalue weighted by atomic mass is 19.1. The molecular weight excluding hydrogens is 281 g/mol. The Morgan fingerprint density at radius 1 is 1.23 bits per heavy atom. The smallest absolute Gasteiger partial charge is 0.231 e. The number of methoxy groups -OCH3 is 1. The van der Waals surface area contributed by atoms with Gasteiger partial charge in [-0.15, -0.1) is 0 Å². The monoisotopic (exact) mass is 299 g/mol. The molecule has 0 aromatic heterocycles. The second-order valence-electron chi connectivity index (χ2n) is 5.42. The topological polar surface area (TPSA) is 29.5 Å². The van der Waals surface area contributed by atoms with Gasteiger partial charge in [0.05, 0.1) is 19.2 Å². The number of amides is 1. The first kappa shape index (κ1) is 14.6. The molecule has 0 bridgehead atoms. The standard InChI is InChI=1S/C18H18FNO2/c1-22-16-6-2-4-14-5-3-11-20(18(14)16)17(21)12-13-7-9-15(19)10-8-13/h2,4,6-10H,3,5,11-12H2,1H3. The van der Waals surface area contributed by atoms with E-state index in [-0.39, 0.29) is 18.1 Å². The van der Waals surface area contributed by atoms with Crippen LogP contribution in [0.25, 0.3) is 0 Å². The largest absolute Gasteiger partial charge is 0.495 e. The zero-order valence-electron chi connectivity index (χ0n) is 12.5. The fraction of sp³-hybridized carbons (Fsp3) is 0.278. The van der Waals surface area contributed by atoms with Gasteiger partial charge in [-0.3, -0.25) is 4.79 Å². The highest BCUT2D eigenvalue weighted by Gasteiger charge is 2.25. The van der Waals surface area contributed by atoms with Gasteiger partial charge in [0.2, 0.25) is 5.91 Å². The maximum atomic E-state index is 13.0. The molecule has 3 nitrogen and oxygen atoms in total. The van der Waals surface area contributed by atoms with Crippen molar-refractivity contribution in [3.63, 3.8) is 0 Å². The van der Waals surface area contributed by atoms with Crippen molar-refractivity contribution in [3.05, 3.63) is 59.4 Å².